The fourth-order valence-electron chi connectivity index (χ4n) is 1.94. The standard InChI is InChI=1S/C14H31N3O/c1-5-7-10-17(12(3)6-2)11-8-9-14(4,16)13(15)18/h12H,5-11,16H2,1-4H3,(H2,15,18). The van der Waals surface area contributed by atoms with E-state index >= 15 is 0 Å². The Morgan fingerprint density at radius 3 is 2.28 bits per heavy atom. The van der Waals surface area contributed by atoms with Crippen LogP contribution in [0.5, 0.6) is 0 Å². The van der Waals surface area contributed by atoms with Crippen molar-refractivity contribution in [3.63, 3.8) is 0 Å². The molecule has 0 saturated heterocycles. The van der Waals surface area contributed by atoms with Gasteiger partial charge in [0.1, 0.15) is 0 Å². The Balaban J connectivity index is 4.14. The number of hydrogen-bond donors (Lipinski definition) is 2. The van der Waals surface area contributed by atoms with Crippen LogP contribution in [-0.2, 0) is 4.79 Å². The van der Waals surface area contributed by atoms with Crippen LogP contribution in [0, 0.1) is 0 Å². The molecule has 0 aromatic carbocycles. The van der Waals surface area contributed by atoms with E-state index in [2.05, 4.69) is 25.7 Å². The van der Waals surface area contributed by atoms with Crippen LogP contribution >= 0.6 is 0 Å². The fourth-order valence-corrected chi connectivity index (χ4v) is 1.94. The average Bonchev–Trinajstić information content (AvgIpc) is 2.32. The molecule has 4 heteroatoms. The van der Waals surface area contributed by atoms with Crippen LogP contribution in [0.25, 0.3) is 0 Å². The first-order chi connectivity index (χ1) is 8.35. The Morgan fingerprint density at radius 1 is 1.28 bits per heavy atom. The number of unbranched alkanes of at least 4 members (excludes halogenated alkanes) is 1. The van der Waals surface area contributed by atoms with Crippen molar-refractivity contribution in [2.45, 2.75) is 71.4 Å². The van der Waals surface area contributed by atoms with Crippen LogP contribution in [0.2, 0.25) is 0 Å². The Bertz CT molecular complexity index is 241. The van der Waals surface area contributed by atoms with Gasteiger partial charge in [0.05, 0.1) is 5.54 Å². The summed E-state index contributed by atoms with van der Waals surface area (Å²) >= 11 is 0. The zero-order valence-corrected chi connectivity index (χ0v) is 12.5. The van der Waals surface area contributed by atoms with Gasteiger partial charge in [0.25, 0.3) is 0 Å². The summed E-state index contributed by atoms with van der Waals surface area (Å²) in [6.45, 7) is 10.5. The maximum Gasteiger partial charge on any atom is 0.237 e. The summed E-state index contributed by atoms with van der Waals surface area (Å²) in [5.41, 5.74) is 10.3. The van der Waals surface area contributed by atoms with Crippen molar-refractivity contribution < 1.29 is 4.79 Å². The van der Waals surface area contributed by atoms with Crippen LogP contribution in [0.3, 0.4) is 0 Å². The van der Waals surface area contributed by atoms with Gasteiger partial charge in [-0.2, -0.15) is 0 Å². The highest BCUT2D eigenvalue weighted by Crippen LogP contribution is 2.12. The first-order valence-corrected chi connectivity index (χ1v) is 7.18. The number of carbonyl (C=O) groups excluding carboxylic acids is 1. The van der Waals surface area contributed by atoms with E-state index in [1.54, 1.807) is 6.92 Å². The molecule has 4 N–H and O–H groups in total. The summed E-state index contributed by atoms with van der Waals surface area (Å²) in [5.74, 6) is -0.411. The maximum absolute atomic E-state index is 11.1. The smallest absolute Gasteiger partial charge is 0.237 e. The molecule has 2 atom stereocenters. The van der Waals surface area contributed by atoms with Gasteiger partial charge in [0.2, 0.25) is 5.91 Å². The molecule has 18 heavy (non-hydrogen) atoms. The van der Waals surface area contributed by atoms with E-state index in [-0.39, 0.29) is 0 Å². The minimum Gasteiger partial charge on any atom is -0.368 e. The quantitative estimate of drug-likeness (QED) is 0.627. The highest BCUT2D eigenvalue weighted by molar-refractivity contribution is 5.83. The Labute approximate surface area is 112 Å². The number of primary amides is 1. The lowest BCUT2D eigenvalue weighted by atomic mass is 9.96. The monoisotopic (exact) mass is 257 g/mol. The van der Waals surface area contributed by atoms with Gasteiger partial charge < -0.3 is 16.4 Å². The summed E-state index contributed by atoms with van der Waals surface area (Å²) in [6.07, 6.45) is 5.16. The molecule has 4 nitrogen and oxygen atoms in total. The van der Waals surface area contributed by atoms with Gasteiger partial charge >= 0.3 is 0 Å². The van der Waals surface area contributed by atoms with Crippen LogP contribution in [-0.4, -0.2) is 35.5 Å². The zero-order valence-electron chi connectivity index (χ0n) is 12.5. The van der Waals surface area contributed by atoms with Crippen LogP contribution in [0.15, 0.2) is 0 Å². The summed E-state index contributed by atoms with van der Waals surface area (Å²) in [5, 5.41) is 0. The molecule has 0 aliphatic carbocycles. The second kappa shape index (κ2) is 8.48. The van der Waals surface area contributed by atoms with E-state index in [0.717, 1.165) is 25.9 Å². The number of amides is 1. The van der Waals surface area contributed by atoms with Gasteiger partial charge in [-0.05, 0) is 52.6 Å². The van der Waals surface area contributed by atoms with Crippen molar-refractivity contribution in [3.05, 3.63) is 0 Å². The molecule has 0 heterocycles. The molecular weight excluding hydrogens is 226 g/mol. The van der Waals surface area contributed by atoms with E-state index in [4.69, 9.17) is 11.5 Å². The number of rotatable bonds is 10. The normalized spacial score (nSPS) is 16.6. The first-order valence-electron chi connectivity index (χ1n) is 7.18. The second-order valence-electron chi connectivity index (χ2n) is 5.53. The predicted octanol–water partition coefficient (Wildman–Crippen LogP) is 1.87. The van der Waals surface area contributed by atoms with E-state index in [9.17, 15) is 4.79 Å². The number of nitrogens with zero attached hydrogens (tertiary/aromatic N) is 1. The summed E-state index contributed by atoms with van der Waals surface area (Å²) in [4.78, 5) is 13.6. The molecule has 0 saturated carbocycles. The van der Waals surface area contributed by atoms with Gasteiger partial charge in [-0.25, -0.2) is 0 Å². The minimum absolute atomic E-state index is 0.411. The Morgan fingerprint density at radius 2 is 1.83 bits per heavy atom. The van der Waals surface area contributed by atoms with E-state index in [1.807, 2.05) is 0 Å². The number of carbonyl (C=O) groups is 1. The van der Waals surface area contributed by atoms with Crippen LogP contribution < -0.4 is 11.5 Å². The minimum atomic E-state index is -0.869. The molecular formula is C14H31N3O. The third-order valence-corrected chi connectivity index (χ3v) is 3.72. The molecule has 0 spiro atoms. The molecule has 0 bridgehead atoms. The highest BCUT2D eigenvalue weighted by atomic mass is 16.1. The second-order valence-corrected chi connectivity index (χ2v) is 5.53. The predicted molar refractivity (Wildman–Crippen MR) is 77.3 cm³/mol. The van der Waals surface area contributed by atoms with Crippen molar-refractivity contribution in [3.8, 4) is 0 Å². The average molecular weight is 257 g/mol. The Hall–Kier alpha value is -0.610. The molecule has 0 rings (SSSR count). The molecule has 0 aromatic heterocycles. The molecule has 108 valence electrons. The van der Waals surface area contributed by atoms with Crippen molar-refractivity contribution in [2.75, 3.05) is 13.1 Å². The highest BCUT2D eigenvalue weighted by Gasteiger charge is 2.25. The molecule has 0 aromatic rings. The SMILES string of the molecule is CCCCN(CCCC(C)(N)C(N)=O)C(C)CC. The lowest BCUT2D eigenvalue weighted by Gasteiger charge is -2.29. The van der Waals surface area contributed by atoms with Gasteiger partial charge in [-0.1, -0.05) is 20.3 Å². The fraction of sp³-hybridized carbons (Fsp3) is 0.929. The third kappa shape index (κ3) is 6.36. The van der Waals surface area contributed by atoms with Crippen molar-refractivity contribution in [2.24, 2.45) is 11.5 Å². The zero-order chi connectivity index (χ0) is 14.2. The number of nitrogens with two attached hydrogens (primary N) is 2. The summed E-state index contributed by atoms with van der Waals surface area (Å²) in [7, 11) is 0. The van der Waals surface area contributed by atoms with E-state index in [1.165, 1.54) is 12.8 Å². The van der Waals surface area contributed by atoms with Gasteiger partial charge in [0, 0.05) is 6.04 Å². The number of hydrogen-bond acceptors (Lipinski definition) is 3. The lowest BCUT2D eigenvalue weighted by molar-refractivity contribution is -0.122. The molecule has 0 fully saturated rings. The van der Waals surface area contributed by atoms with Gasteiger partial charge in [-0.3, -0.25) is 4.79 Å². The van der Waals surface area contributed by atoms with Gasteiger partial charge in [-0.15, -0.1) is 0 Å². The van der Waals surface area contributed by atoms with Crippen molar-refractivity contribution >= 4 is 5.91 Å². The topological polar surface area (TPSA) is 72.3 Å². The van der Waals surface area contributed by atoms with E-state index < -0.39 is 11.4 Å². The maximum atomic E-state index is 11.1. The molecule has 0 aliphatic rings. The lowest BCUT2D eigenvalue weighted by Crippen LogP contribution is -2.49. The Kier molecular flexibility index (Phi) is 8.20. The van der Waals surface area contributed by atoms with Crippen molar-refractivity contribution in [1.29, 1.82) is 0 Å². The third-order valence-electron chi connectivity index (χ3n) is 3.72. The summed E-state index contributed by atoms with van der Waals surface area (Å²) in [6, 6.07) is 0.592. The largest absolute Gasteiger partial charge is 0.368 e. The van der Waals surface area contributed by atoms with Gasteiger partial charge in [0.15, 0.2) is 0 Å². The molecule has 0 aliphatic heterocycles. The molecule has 1 amide bonds. The van der Waals surface area contributed by atoms with E-state index in [0.29, 0.717) is 12.5 Å². The molecule has 0 radical (unpaired) electrons. The summed E-state index contributed by atoms with van der Waals surface area (Å²) < 4.78 is 0. The molecule has 2 unspecified atom stereocenters. The van der Waals surface area contributed by atoms with Crippen molar-refractivity contribution in [1.82, 2.24) is 4.90 Å². The first kappa shape index (κ1) is 17.4. The van der Waals surface area contributed by atoms with Crippen LogP contribution in [0.1, 0.15) is 59.8 Å². The van der Waals surface area contributed by atoms with Crippen LogP contribution in [0.4, 0.5) is 0 Å².